The van der Waals surface area contributed by atoms with Crippen molar-refractivity contribution in [2.24, 2.45) is 5.14 Å². The Morgan fingerprint density at radius 1 is 1.11 bits per heavy atom. The maximum absolute atomic E-state index is 13.8. The summed E-state index contributed by atoms with van der Waals surface area (Å²) in [5.41, 5.74) is 0.821. The summed E-state index contributed by atoms with van der Waals surface area (Å²) in [7, 11) is -3.84. The number of sulfonamides is 1. The van der Waals surface area contributed by atoms with Crippen LogP contribution in [-0.2, 0) is 10.0 Å². The van der Waals surface area contributed by atoms with Crippen LogP contribution in [0.4, 0.5) is 4.39 Å². The summed E-state index contributed by atoms with van der Waals surface area (Å²) in [6.07, 6.45) is 0. The third-order valence-corrected chi connectivity index (χ3v) is 4.91. The van der Waals surface area contributed by atoms with Crippen LogP contribution >= 0.6 is 0 Å². The summed E-state index contributed by atoms with van der Waals surface area (Å²) in [5.74, 6) is -0.706. The highest BCUT2D eigenvalue weighted by Crippen LogP contribution is 2.25. The largest absolute Gasteiger partial charge is 0.451 e. The maximum Gasteiger partial charge on any atom is 0.287 e. The quantitative estimate of drug-likeness (QED) is 0.700. The second-order valence-corrected chi connectivity index (χ2v) is 7.52. The normalized spacial score (nSPS) is 12.6. The van der Waals surface area contributed by atoms with Gasteiger partial charge in [-0.05, 0) is 48.9 Å². The molecule has 3 N–H and O–H groups in total. The molecule has 6 nitrogen and oxygen atoms in total. The van der Waals surface area contributed by atoms with E-state index < -0.39 is 27.8 Å². The molecule has 140 valence electrons. The molecule has 0 spiro atoms. The lowest BCUT2D eigenvalue weighted by Gasteiger charge is -2.14. The highest BCUT2D eigenvalue weighted by molar-refractivity contribution is 7.89. The minimum Gasteiger partial charge on any atom is -0.451 e. The molecule has 1 heterocycles. The Morgan fingerprint density at radius 3 is 2.56 bits per heavy atom. The van der Waals surface area contributed by atoms with E-state index in [0.29, 0.717) is 5.56 Å². The number of carbonyl (C=O) groups excluding carboxylic acids is 1. The van der Waals surface area contributed by atoms with Gasteiger partial charge in [-0.2, -0.15) is 0 Å². The molecule has 0 saturated carbocycles. The zero-order valence-electron chi connectivity index (χ0n) is 14.3. The number of rotatable bonds is 5. The van der Waals surface area contributed by atoms with Crippen LogP contribution in [0.3, 0.4) is 0 Å². The zero-order chi connectivity index (χ0) is 19.6. The monoisotopic (exact) mass is 388 g/mol. The number of primary sulfonamides is 1. The number of furan rings is 1. The van der Waals surface area contributed by atoms with E-state index in [1.165, 1.54) is 30.3 Å². The van der Waals surface area contributed by atoms with Crippen molar-refractivity contribution in [3.05, 3.63) is 77.8 Å². The van der Waals surface area contributed by atoms with Crippen molar-refractivity contribution in [3.8, 4) is 11.3 Å². The van der Waals surface area contributed by atoms with Crippen LogP contribution in [0, 0.1) is 5.82 Å². The number of nitrogens with two attached hydrogens (primary N) is 1. The third kappa shape index (κ3) is 4.24. The van der Waals surface area contributed by atoms with Gasteiger partial charge in [-0.15, -0.1) is 0 Å². The Labute approximate surface area is 155 Å². The molecular formula is C19H17FN2O4S. The van der Waals surface area contributed by atoms with E-state index in [1.807, 2.05) is 0 Å². The van der Waals surface area contributed by atoms with Crippen molar-refractivity contribution in [3.63, 3.8) is 0 Å². The molecule has 8 heteroatoms. The average Bonchev–Trinajstić information content (AvgIpc) is 3.11. The van der Waals surface area contributed by atoms with E-state index in [9.17, 15) is 17.6 Å². The standard InChI is InChI=1S/C19H17FN2O4S/c1-12(13-5-4-6-14(11-13)27(21,24)25)22-19(23)18-10-9-17(26-18)15-7-2-3-8-16(15)20/h2-12H,1H3,(H,22,23)(H2,21,24,25). The van der Waals surface area contributed by atoms with Crippen LogP contribution in [-0.4, -0.2) is 14.3 Å². The smallest absolute Gasteiger partial charge is 0.287 e. The molecule has 0 saturated heterocycles. The van der Waals surface area contributed by atoms with Gasteiger partial charge < -0.3 is 9.73 Å². The van der Waals surface area contributed by atoms with Crippen LogP contribution in [0.1, 0.15) is 29.1 Å². The molecule has 3 rings (SSSR count). The molecule has 1 unspecified atom stereocenters. The van der Waals surface area contributed by atoms with Crippen molar-refractivity contribution in [2.45, 2.75) is 17.9 Å². The van der Waals surface area contributed by atoms with Gasteiger partial charge in [0, 0.05) is 0 Å². The van der Waals surface area contributed by atoms with Crippen molar-refractivity contribution < 1.29 is 22.0 Å². The first-order chi connectivity index (χ1) is 12.8. The van der Waals surface area contributed by atoms with Crippen molar-refractivity contribution >= 4 is 15.9 Å². The molecule has 1 atom stereocenters. The summed E-state index contributed by atoms with van der Waals surface area (Å²) in [6.45, 7) is 1.70. The summed E-state index contributed by atoms with van der Waals surface area (Å²) in [5, 5.41) is 7.84. The molecule has 0 aliphatic carbocycles. The second kappa shape index (κ2) is 7.34. The average molecular weight is 388 g/mol. The molecule has 0 fully saturated rings. The Kier molecular flexibility index (Phi) is 5.11. The Balaban J connectivity index is 1.77. The summed E-state index contributed by atoms with van der Waals surface area (Å²) in [6, 6.07) is 14.5. The topological polar surface area (TPSA) is 102 Å². The number of amides is 1. The summed E-state index contributed by atoms with van der Waals surface area (Å²) < 4.78 is 42.2. The lowest BCUT2D eigenvalue weighted by molar-refractivity contribution is 0.0912. The molecule has 0 aliphatic heterocycles. The first kappa shape index (κ1) is 18.8. The van der Waals surface area contributed by atoms with Gasteiger partial charge in [0.1, 0.15) is 11.6 Å². The van der Waals surface area contributed by atoms with Crippen molar-refractivity contribution in [1.29, 1.82) is 0 Å². The molecular weight excluding hydrogens is 371 g/mol. The fraction of sp³-hybridized carbons (Fsp3) is 0.105. The lowest BCUT2D eigenvalue weighted by atomic mass is 10.1. The van der Waals surface area contributed by atoms with Gasteiger partial charge in [0.05, 0.1) is 16.5 Å². The molecule has 3 aromatic rings. The van der Waals surface area contributed by atoms with E-state index in [2.05, 4.69) is 5.32 Å². The number of nitrogens with one attached hydrogen (secondary N) is 1. The van der Waals surface area contributed by atoms with Gasteiger partial charge in [-0.25, -0.2) is 17.9 Å². The number of benzene rings is 2. The summed E-state index contributed by atoms with van der Waals surface area (Å²) in [4.78, 5) is 12.4. The minimum absolute atomic E-state index is 0.0164. The Morgan fingerprint density at radius 2 is 1.85 bits per heavy atom. The van der Waals surface area contributed by atoms with E-state index in [-0.39, 0.29) is 22.0 Å². The Bertz CT molecular complexity index is 1090. The second-order valence-electron chi connectivity index (χ2n) is 5.96. The van der Waals surface area contributed by atoms with Gasteiger partial charge in [0.2, 0.25) is 10.0 Å². The first-order valence-electron chi connectivity index (χ1n) is 8.04. The molecule has 1 aromatic heterocycles. The van der Waals surface area contributed by atoms with E-state index >= 15 is 0 Å². The number of carbonyl (C=O) groups is 1. The molecule has 1 amide bonds. The van der Waals surface area contributed by atoms with Crippen LogP contribution in [0.2, 0.25) is 0 Å². The van der Waals surface area contributed by atoms with Crippen LogP contribution in [0.5, 0.6) is 0 Å². The van der Waals surface area contributed by atoms with E-state index in [0.717, 1.165) is 0 Å². The van der Waals surface area contributed by atoms with E-state index in [4.69, 9.17) is 9.56 Å². The minimum atomic E-state index is -3.84. The number of halogens is 1. The zero-order valence-corrected chi connectivity index (χ0v) is 15.2. The van der Waals surface area contributed by atoms with Gasteiger partial charge in [0.25, 0.3) is 5.91 Å². The molecule has 27 heavy (non-hydrogen) atoms. The lowest BCUT2D eigenvalue weighted by Crippen LogP contribution is -2.26. The van der Waals surface area contributed by atoms with Gasteiger partial charge in [0.15, 0.2) is 5.76 Å². The van der Waals surface area contributed by atoms with Gasteiger partial charge >= 0.3 is 0 Å². The van der Waals surface area contributed by atoms with Gasteiger partial charge in [-0.3, -0.25) is 4.79 Å². The SMILES string of the molecule is CC(NC(=O)c1ccc(-c2ccccc2F)o1)c1cccc(S(N)(=O)=O)c1. The summed E-state index contributed by atoms with van der Waals surface area (Å²) >= 11 is 0. The first-order valence-corrected chi connectivity index (χ1v) is 9.58. The van der Waals surface area contributed by atoms with Crippen molar-refractivity contribution in [1.82, 2.24) is 5.32 Å². The van der Waals surface area contributed by atoms with Crippen molar-refractivity contribution in [2.75, 3.05) is 0 Å². The predicted octanol–water partition coefficient (Wildman–Crippen LogP) is 3.22. The fourth-order valence-electron chi connectivity index (χ4n) is 2.58. The van der Waals surface area contributed by atoms with Crippen LogP contribution in [0.25, 0.3) is 11.3 Å². The van der Waals surface area contributed by atoms with Crippen LogP contribution in [0.15, 0.2) is 70.0 Å². The number of hydrogen-bond acceptors (Lipinski definition) is 4. The molecule has 0 aliphatic rings. The third-order valence-electron chi connectivity index (χ3n) is 4.00. The molecule has 0 bridgehead atoms. The predicted molar refractivity (Wildman–Crippen MR) is 97.8 cm³/mol. The van der Waals surface area contributed by atoms with Gasteiger partial charge in [-0.1, -0.05) is 24.3 Å². The van der Waals surface area contributed by atoms with Crippen LogP contribution < -0.4 is 10.5 Å². The fourth-order valence-corrected chi connectivity index (χ4v) is 3.15. The highest BCUT2D eigenvalue weighted by atomic mass is 32.2. The molecule has 0 radical (unpaired) electrons. The molecule has 2 aromatic carbocycles. The number of hydrogen-bond donors (Lipinski definition) is 2. The highest BCUT2D eigenvalue weighted by Gasteiger charge is 2.18. The van der Waals surface area contributed by atoms with E-state index in [1.54, 1.807) is 37.3 Å². The Hall–Kier alpha value is -2.97. The maximum atomic E-state index is 13.8.